The summed E-state index contributed by atoms with van der Waals surface area (Å²) in [7, 11) is -2.98. The van der Waals surface area contributed by atoms with Crippen LogP contribution >= 0.6 is 0 Å². The van der Waals surface area contributed by atoms with Crippen LogP contribution in [0.1, 0.15) is 41.6 Å². The molecule has 0 aliphatic carbocycles. The van der Waals surface area contributed by atoms with Gasteiger partial charge in [0.15, 0.2) is 15.6 Å². The van der Waals surface area contributed by atoms with Gasteiger partial charge >= 0.3 is 0 Å². The molecule has 120 valence electrons. The summed E-state index contributed by atoms with van der Waals surface area (Å²) in [6.07, 6.45) is 2.45. The van der Waals surface area contributed by atoms with Gasteiger partial charge in [-0.3, -0.25) is 4.79 Å². The van der Waals surface area contributed by atoms with Gasteiger partial charge in [-0.1, -0.05) is 36.4 Å². The van der Waals surface area contributed by atoms with Crippen molar-refractivity contribution in [2.24, 2.45) is 5.92 Å². The minimum atomic E-state index is -2.98. The van der Waals surface area contributed by atoms with Gasteiger partial charge in [-0.15, -0.1) is 0 Å². The summed E-state index contributed by atoms with van der Waals surface area (Å²) < 4.78 is 24.5. The number of fused-ring (bicyclic) bond motifs is 3. The Hall–Kier alpha value is -1.68. The molecule has 2 aliphatic rings. The van der Waals surface area contributed by atoms with Crippen LogP contribution in [0.25, 0.3) is 10.8 Å². The number of carbonyl (C=O) groups is 1. The van der Waals surface area contributed by atoms with Crippen LogP contribution in [-0.2, 0) is 9.84 Å². The molecule has 4 heteroatoms. The molecule has 2 aromatic rings. The Bertz CT molecular complexity index is 878. The van der Waals surface area contributed by atoms with E-state index in [1.54, 1.807) is 0 Å². The molecule has 0 spiro atoms. The number of hydrogen-bond donors (Lipinski definition) is 0. The third-order valence-electron chi connectivity index (χ3n) is 5.61. The molecule has 0 saturated carbocycles. The lowest BCUT2D eigenvalue weighted by atomic mass is 9.87. The van der Waals surface area contributed by atoms with Crippen LogP contribution in [0.15, 0.2) is 36.4 Å². The maximum Gasteiger partial charge on any atom is 0.166 e. The van der Waals surface area contributed by atoms with Crippen molar-refractivity contribution in [3.63, 3.8) is 0 Å². The normalized spacial score (nSPS) is 28.8. The molecule has 0 radical (unpaired) electrons. The first kappa shape index (κ1) is 14.9. The number of Topliss-reactive ketones (excluding diaryl/α,β-unsaturated/α-hetero) is 1. The summed E-state index contributed by atoms with van der Waals surface area (Å²) in [5.74, 6) is -0.0323. The van der Waals surface area contributed by atoms with E-state index < -0.39 is 9.84 Å². The number of hydrogen-bond acceptors (Lipinski definition) is 3. The molecular weight excluding hydrogens is 308 g/mol. The fourth-order valence-corrected chi connectivity index (χ4v) is 6.78. The monoisotopic (exact) mass is 328 g/mol. The third-order valence-corrected chi connectivity index (χ3v) is 8.33. The number of rotatable bonds is 2. The largest absolute Gasteiger partial charge is 0.294 e. The highest BCUT2D eigenvalue weighted by atomic mass is 32.2. The van der Waals surface area contributed by atoms with Crippen molar-refractivity contribution in [2.45, 2.75) is 43.1 Å². The lowest BCUT2D eigenvalue weighted by Crippen LogP contribution is -2.36. The van der Waals surface area contributed by atoms with E-state index in [2.05, 4.69) is 0 Å². The Labute approximate surface area is 136 Å². The van der Waals surface area contributed by atoms with Crippen LogP contribution in [0.2, 0.25) is 0 Å². The molecule has 2 aromatic carbocycles. The number of ketones is 1. The molecule has 2 heterocycles. The zero-order valence-corrected chi connectivity index (χ0v) is 14.0. The average Bonchev–Trinajstić information content (AvgIpc) is 2.73. The van der Waals surface area contributed by atoms with Crippen molar-refractivity contribution >= 4 is 26.4 Å². The number of benzene rings is 2. The molecule has 2 fully saturated rings. The van der Waals surface area contributed by atoms with Gasteiger partial charge in [0.05, 0.1) is 10.5 Å². The van der Waals surface area contributed by atoms with Gasteiger partial charge in [0.25, 0.3) is 0 Å². The predicted molar refractivity (Wildman–Crippen MR) is 91.5 cm³/mol. The first-order valence-corrected chi connectivity index (χ1v) is 9.84. The summed E-state index contributed by atoms with van der Waals surface area (Å²) in [5.41, 5.74) is 1.90. The van der Waals surface area contributed by atoms with Gasteiger partial charge in [-0.25, -0.2) is 8.42 Å². The minimum absolute atomic E-state index is 0.119. The quantitative estimate of drug-likeness (QED) is 0.790. The lowest BCUT2D eigenvalue weighted by molar-refractivity contribution is 0.0907. The lowest BCUT2D eigenvalue weighted by Gasteiger charge is -2.27. The smallest absolute Gasteiger partial charge is 0.166 e. The van der Waals surface area contributed by atoms with E-state index in [1.165, 1.54) is 0 Å². The van der Waals surface area contributed by atoms with E-state index in [4.69, 9.17) is 0 Å². The topological polar surface area (TPSA) is 51.2 Å². The zero-order valence-electron chi connectivity index (χ0n) is 13.2. The van der Waals surface area contributed by atoms with E-state index in [-0.39, 0.29) is 22.2 Å². The third kappa shape index (κ3) is 2.23. The van der Waals surface area contributed by atoms with Crippen LogP contribution < -0.4 is 0 Å². The van der Waals surface area contributed by atoms with E-state index >= 15 is 0 Å². The molecular formula is C19H20O3S. The summed E-state index contributed by atoms with van der Waals surface area (Å²) in [6.45, 7) is 2.05. The second-order valence-electron chi connectivity index (χ2n) is 6.92. The minimum Gasteiger partial charge on any atom is -0.294 e. The highest BCUT2D eigenvalue weighted by Crippen LogP contribution is 2.42. The van der Waals surface area contributed by atoms with Crippen LogP contribution in [0, 0.1) is 12.8 Å². The second-order valence-corrected chi connectivity index (χ2v) is 9.43. The van der Waals surface area contributed by atoms with Crippen molar-refractivity contribution < 1.29 is 13.2 Å². The zero-order chi connectivity index (χ0) is 16.2. The summed E-state index contributed by atoms with van der Waals surface area (Å²) in [6, 6.07) is 11.9. The van der Waals surface area contributed by atoms with E-state index in [9.17, 15) is 13.2 Å². The van der Waals surface area contributed by atoms with Crippen molar-refractivity contribution in [1.29, 1.82) is 0 Å². The Kier molecular flexibility index (Phi) is 3.34. The Morgan fingerprint density at radius 1 is 0.957 bits per heavy atom. The fourth-order valence-electron chi connectivity index (χ4n) is 4.31. The van der Waals surface area contributed by atoms with E-state index in [0.717, 1.165) is 34.7 Å². The van der Waals surface area contributed by atoms with Crippen LogP contribution in [0.4, 0.5) is 0 Å². The SMILES string of the molecule is Cc1ccc(C(=O)C2CC3CCC(C2)S3(=O)=O)c2ccccc12. The summed E-state index contributed by atoms with van der Waals surface area (Å²) in [5, 5.41) is 1.49. The number of sulfone groups is 1. The molecule has 0 N–H and O–H groups in total. The van der Waals surface area contributed by atoms with Crippen molar-refractivity contribution in [3.05, 3.63) is 47.5 Å². The summed E-state index contributed by atoms with van der Waals surface area (Å²) >= 11 is 0. The molecule has 2 bridgehead atoms. The molecule has 2 atom stereocenters. The highest BCUT2D eigenvalue weighted by molar-refractivity contribution is 7.93. The van der Waals surface area contributed by atoms with Gasteiger partial charge in [0, 0.05) is 11.5 Å². The average molecular weight is 328 g/mol. The maximum atomic E-state index is 13.1. The Morgan fingerprint density at radius 3 is 2.22 bits per heavy atom. The van der Waals surface area contributed by atoms with Crippen molar-refractivity contribution in [3.8, 4) is 0 Å². The van der Waals surface area contributed by atoms with Gasteiger partial charge in [0.1, 0.15) is 0 Å². The molecule has 2 aliphatic heterocycles. The van der Waals surface area contributed by atoms with Gasteiger partial charge in [0.2, 0.25) is 0 Å². The predicted octanol–water partition coefficient (Wildman–Crippen LogP) is 3.69. The molecule has 3 nitrogen and oxygen atoms in total. The molecule has 2 saturated heterocycles. The fraction of sp³-hybridized carbons (Fsp3) is 0.421. The van der Waals surface area contributed by atoms with Gasteiger partial charge in [-0.2, -0.15) is 0 Å². The van der Waals surface area contributed by atoms with Crippen LogP contribution in [0.5, 0.6) is 0 Å². The van der Waals surface area contributed by atoms with E-state index in [0.29, 0.717) is 12.8 Å². The highest BCUT2D eigenvalue weighted by Gasteiger charge is 2.48. The molecule has 23 heavy (non-hydrogen) atoms. The molecule has 2 unspecified atom stereocenters. The van der Waals surface area contributed by atoms with Crippen molar-refractivity contribution in [2.75, 3.05) is 0 Å². The first-order valence-electron chi connectivity index (χ1n) is 8.24. The number of aryl methyl sites for hydroxylation is 1. The number of carbonyl (C=O) groups excluding carboxylic acids is 1. The summed E-state index contributed by atoms with van der Waals surface area (Å²) in [4.78, 5) is 13.1. The van der Waals surface area contributed by atoms with Crippen LogP contribution in [-0.4, -0.2) is 24.7 Å². The molecule has 4 rings (SSSR count). The molecule has 0 amide bonds. The van der Waals surface area contributed by atoms with Gasteiger partial charge in [-0.05, 0) is 48.9 Å². The standard InChI is InChI=1S/C19H20O3S/c1-12-6-9-18(17-5-3-2-4-16(12)17)19(20)13-10-14-7-8-15(11-13)23(14,21)22/h2-6,9,13-15H,7-8,10-11H2,1H3. The van der Waals surface area contributed by atoms with Crippen LogP contribution in [0.3, 0.4) is 0 Å². The van der Waals surface area contributed by atoms with Gasteiger partial charge < -0.3 is 0 Å². The maximum absolute atomic E-state index is 13.1. The second kappa shape index (κ2) is 5.17. The first-order chi connectivity index (χ1) is 11.0. The van der Waals surface area contributed by atoms with E-state index in [1.807, 2.05) is 43.3 Å². The Balaban J connectivity index is 1.73. The molecule has 0 aromatic heterocycles. The van der Waals surface area contributed by atoms with Crippen molar-refractivity contribution in [1.82, 2.24) is 0 Å². The Morgan fingerprint density at radius 2 is 1.57 bits per heavy atom.